The molecule has 2 aromatic carbocycles. The van der Waals surface area contributed by atoms with Crippen LogP contribution in [0.4, 0.5) is 27.4 Å². The van der Waals surface area contributed by atoms with E-state index in [0.29, 0.717) is 52.6 Å². The predicted molar refractivity (Wildman–Crippen MR) is 159 cm³/mol. The molecule has 5 heterocycles. The quantitative estimate of drug-likeness (QED) is 0.375. The summed E-state index contributed by atoms with van der Waals surface area (Å²) in [6.07, 6.45) is 7.03. The molecule has 7 rings (SSSR count). The first-order chi connectivity index (χ1) is 20.5. The highest BCUT2D eigenvalue weighted by atomic mass is 19.1. The number of nitrogens with one attached hydrogen (secondary N) is 1. The number of halogens is 1. The SMILES string of the molecule is CN1CCN(c2ccc(Nc3ncc4c(=O)n5n(c4n3)-c3ccc4c(c3)N(CCCC=CC5)C(=O)CO4)cc2F)CC1. The standard InChI is InChI=1S/C30H31FN8O3/c1-35-12-14-36(15-13-35)24-8-6-20(16-23(24)31)33-30-32-18-22-28(34-30)39-21-7-9-26-25(17-21)37(27(40)19-42-26)10-4-2-3-5-11-38(39)29(22)41/h3,5-9,16-18H,2,4,10-15,19H2,1H3,(H,32,33,34). The molecule has 0 radical (unpaired) electrons. The topological polar surface area (TPSA) is 101 Å². The average molecular weight is 571 g/mol. The van der Waals surface area contributed by atoms with Crippen molar-refractivity contribution in [2.24, 2.45) is 0 Å². The van der Waals surface area contributed by atoms with Crippen molar-refractivity contribution in [2.75, 3.05) is 61.5 Å². The number of allylic oxidation sites excluding steroid dienone is 2. The molecule has 2 aromatic heterocycles. The fourth-order valence-electron chi connectivity index (χ4n) is 5.76. The van der Waals surface area contributed by atoms with Gasteiger partial charge in [-0.05, 0) is 56.3 Å². The van der Waals surface area contributed by atoms with Crippen LogP contribution in [0.2, 0.25) is 0 Å². The second kappa shape index (κ2) is 10.6. The molecule has 3 aliphatic rings. The number of piperazine rings is 1. The van der Waals surface area contributed by atoms with Gasteiger partial charge in [0.1, 0.15) is 17.0 Å². The first kappa shape index (κ1) is 26.2. The molecule has 4 aromatic rings. The molecule has 42 heavy (non-hydrogen) atoms. The van der Waals surface area contributed by atoms with Gasteiger partial charge in [-0.2, -0.15) is 4.98 Å². The van der Waals surface area contributed by atoms with Crippen LogP contribution in [-0.2, 0) is 11.3 Å². The van der Waals surface area contributed by atoms with Crippen LogP contribution < -0.4 is 25.4 Å². The van der Waals surface area contributed by atoms with Crippen LogP contribution in [0.25, 0.3) is 16.7 Å². The number of carbonyl (C=O) groups is 1. The second-order valence-electron chi connectivity index (χ2n) is 10.8. The maximum absolute atomic E-state index is 15.1. The molecule has 2 bridgehead atoms. The first-order valence-corrected chi connectivity index (χ1v) is 14.2. The predicted octanol–water partition coefficient (Wildman–Crippen LogP) is 3.29. The van der Waals surface area contributed by atoms with E-state index in [0.717, 1.165) is 39.0 Å². The van der Waals surface area contributed by atoms with E-state index in [2.05, 4.69) is 27.1 Å². The molecule has 216 valence electrons. The van der Waals surface area contributed by atoms with E-state index in [9.17, 15) is 9.59 Å². The Hall–Kier alpha value is -4.71. The van der Waals surface area contributed by atoms with Gasteiger partial charge in [-0.15, -0.1) is 0 Å². The highest BCUT2D eigenvalue weighted by Gasteiger charge is 2.27. The number of benzene rings is 2. The Kier molecular flexibility index (Phi) is 6.62. The van der Waals surface area contributed by atoms with Crippen LogP contribution in [0.3, 0.4) is 0 Å². The second-order valence-corrected chi connectivity index (χ2v) is 10.8. The summed E-state index contributed by atoms with van der Waals surface area (Å²) in [5.41, 5.74) is 2.56. The number of fused-ring (bicyclic) bond motifs is 5. The third kappa shape index (κ3) is 4.67. The minimum absolute atomic E-state index is 0.00144. The molecule has 0 unspecified atom stereocenters. The maximum atomic E-state index is 15.1. The number of nitrogens with zero attached hydrogens (tertiary/aromatic N) is 7. The fraction of sp³-hybridized carbons (Fsp3) is 0.333. The van der Waals surface area contributed by atoms with Gasteiger partial charge in [0.2, 0.25) is 5.95 Å². The van der Waals surface area contributed by atoms with Gasteiger partial charge in [0.05, 0.1) is 23.6 Å². The number of aromatic nitrogens is 4. The van der Waals surface area contributed by atoms with Crippen molar-refractivity contribution in [3.63, 3.8) is 0 Å². The summed E-state index contributed by atoms with van der Waals surface area (Å²) in [5, 5.41) is 3.45. The minimum atomic E-state index is -0.322. The van der Waals surface area contributed by atoms with Gasteiger partial charge in [-0.1, -0.05) is 12.2 Å². The number of anilines is 4. The Balaban J connectivity index is 1.28. The molecule has 1 amide bonds. The molecular weight excluding hydrogens is 539 g/mol. The van der Waals surface area contributed by atoms with E-state index in [1.54, 1.807) is 26.4 Å². The van der Waals surface area contributed by atoms with Gasteiger partial charge in [0.25, 0.3) is 11.5 Å². The Morgan fingerprint density at radius 2 is 1.83 bits per heavy atom. The Bertz CT molecular complexity index is 1770. The van der Waals surface area contributed by atoms with E-state index >= 15 is 4.39 Å². The molecule has 0 saturated carbocycles. The van der Waals surface area contributed by atoms with Gasteiger partial charge in [0.15, 0.2) is 12.3 Å². The lowest BCUT2D eigenvalue weighted by Crippen LogP contribution is -2.44. The molecule has 0 atom stereocenters. The highest BCUT2D eigenvalue weighted by molar-refractivity contribution is 5.98. The van der Waals surface area contributed by atoms with E-state index in [1.807, 2.05) is 30.4 Å². The lowest BCUT2D eigenvalue weighted by molar-refractivity contribution is -0.121. The summed E-state index contributed by atoms with van der Waals surface area (Å²) < 4.78 is 24.2. The van der Waals surface area contributed by atoms with Crippen molar-refractivity contribution >= 4 is 40.0 Å². The Labute approximate surface area is 241 Å². The van der Waals surface area contributed by atoms with Crippen LogP contribution in [0.15, 0.2) is 59.5 Å². The van der Waals surface area contributed by atoms with E-state index in [-0.39, 0.29) is 29.8 Å². The van der Waals surface area contributed by atoms with Crippen molar-refractivity contribution in [1.29, 1.82) is 0 Å². The largest absolute Gasteiger partial charge is 0.482 e. The summed E-state index contributed by atoms with van der Waals surface area (Å²) >= 11 is 0. The smallest absolute Gasteiger partial charge is 0.278 e. The van der Waals surface area contributed by atoms with Crippen LogP contribution in [0.5, 0.6) is 5.75 Å². The highest BCUT2D eigenvalue weighted by Crippen LogP contribution is 2.35. The van der Waals surface area contributed by atoms with Gasteiger partial charge in [-0.3, -0.25) is 9.59 Å². The lowest BCUT2D eigenvalue weighted by Gasteiger charge is -2.34. The van der Waals surface area contributed by atoms with Crippen molar-refractivity contribution in [1.82, 2.24) is 24.2 Å². The molecule has 1 N–H and O–H groups in total. The molecule has 3 aliphatic heterocycles. The fourth-order valence-corrected chi connectivity index (χ4v) is 5.76. The summed E-state index contributed by atoms with van der Waals surface area (Å²) in [5.74, 6) is 0.428. The van der Waals surface area contributed by atoms with Gasteiger partial charge in [-0.25, -0.2) is 18.7 Å². The van der Waals surface area contributed by atoms with Crippen LogP contribution in [0.1, 0.15) is 12.8 Å². The van der Waals surface area contributed by atoms with E-state index in [1.165, 1.54) is 12.3 Å². The Morgan fingerprint density at radius 3 is 2.67 bits per heavy atom. The van der Waals surface area contributed by atoms with Gasteiger partial charge in [0, 0.05) is 44.6 Å². The number of carbonyl (C=O) groups excluding carboxylic acids is 1. The van der Waals surface area contributed by atoms with Crippen molar-refractivity contribution in [2.45, 2.75) is 19.4 Å². The van der Waals surface area contributed by atoms with E-state index in [4.69, 9.17) is 9.72 Å². The Morgan fingerprint density at radius 1 is 0.976 bits per heavy atom. The third-order valence-corrected chi connectivity index (χ3v) is 8.05. The average Bonchev–Trinajstić information content (AvgIpc) is 3.26. The number of ether oxygens (including phenoxy) is 1. The van der Waals surface area contributed by atoms with Gasteiger partial charge >= 0.3 is 0 Å². The molecule has 1 saturated heterocycles. The van der Waals surface area contributed by atoms with Crippen molar-refractivity contribution in [3.8, 4) is 11.4 Å². The molecular formula is C30H31FN8O3. The lowest BCUT2D eigenvalue weighted by atomic mass is 10.1. The summed E-state index contributed by atoms with van der Waals surface area (Å²) in [4.78, 5) is 41.4. The molecule has 11 nitrogen and oxygen atoms in total. The summed E-state index contributed by atoms with van der Waals surface area (Å²) in [6.45, 7) is 4.22. The molecule has 12 heteroatoms. The zero-order chi connectivity index (χ0) is 28.8. The third-order valence-electron chi connectivity index (χ3n) is 8.05. The summed E-state index contributed by atoms with van der Waals surface area (Å²) in [7, 11) is 2.06. The minimum Gasteiger partial charge on any atom is -0.482 e. The normalized spacial score (nSPS) is 17.4. The van der Waals surface area contributed by atoms with E-state index < -0.39 is 0 Å². The summed E-state index contributed by atoms with van der Waals surface area (Å²) in [6, 6.07) is 10.5. The molecule has 0 aliphatic carbocycles. The number of amides is 1. The van der Waals surface area contributed by atoms with Crippen molar-refractivity contribution < 1.29 is 13.9 Å². The molecule has 0 spiro atoms. The number of rotatable bonds is 3. The van der Waals surface area contributed by atoms with Crippen LogP contribution in [0, 0.1) is 5.82 Å². The van der Waals surface area contributed by atoms with Crippen molar-refractivity contribution in [3.05, 3.63) is 70.9 Å². The first-order valence-electron chi connectivity index (χ1n) is 14.2. The van der Waals surface area contributed by atoms with Crippen LogP contribution >= 0.6 is 0 Å². The molecule has 1 fully saturated rings. The number of likely N-dealkylation sites (N-methyl/N-ethyl adjacent to an activating group) is 1. The zero-order valence-corrected chi connectivity index (χ0v) is 23.3. The van der Waals surface area contributed by atoms with Crippen LogP contribution in [-0.4, -0.2) is 76.5 Å². The maximum Gasteiger partial charge on any atom is 0.278 e. The number of hydrogen-bond acceptors (Lipinski definition) is 8. The zero-order valence-electron chi connectivity index (χ0n) is 23.3. The number of hydrogen-bond donors (Lipinski definition) is 1. The van der Waals surface area contributed by atoms with Gasteiger partial charge < -0.3 is 24.8 Å². The monoisotopic (exact) mass is 570 g/mol.